The maximum atomic E-state index is 12.0. The molecule has 0 aromatic carbocycles. The highest BCUT2D eigenvalue weighted by molar-refractivity contribution is 7.13. The fraction of sp³-hybridized carbons (Fsp3) is 0.400. The lowest BCUT2D eigenvalue weighted by Crippen LogP contribution is -2.17. The van der Waals surface area contributed by atoms with E-state index >= 15 is 0 Å². The number of terminal acetylenes is 1. The second kappa shape index (κ2) is 6.71. The smallest absolute Gasteiger partial charge is 0.226 e. The van der Waals surface area contributed by atoms with Crippen LogP contribution < -0.4 is 5.32 Å². The quantitative estimate of drug-likeness (QED) is 0.756. The first-order valence-electron chi connectivity index (χ1n) is 7.28. The van der Waals surface area contributed by atoms with Crippen LogP contribution in [-0.4, -0.2) is 26.3 Å². The van der Waals surface area contributed by atoms with Gasteiger partial charge in [0.1, 0.15) is 0 Å². The second-order valence-electron chi connectivity index (χ2n) is 5.28. The molecule has 3 heterocycles. The highest BCUT2D eigenvalue weighted by Gasteiger charge is 2.39. The largest absolute Gasteiger partial charge is 0.302 e. The zero-order chi connectivity index (χ0) is 16.1. The van der Waals surface area contributed by atoms with Gasteiger partial charge in [0.2, 0.25) is 5.91 Å². The molecule has 23 heavy (non-hydrogen) atoms. The van der Waals surface area contributed by atoms with Gasteiger partial charge in [0.05, 0.1) is 12.2 Å². The van der Waals surface area contributed by atoms with E-state index in [4.69, 9.17) is 6.42 Å². The van der Waals surface area contributed by atoms with E-state index in [1.54, 1.807) is 10.9 Å². The van der Waals surface area contributed by atoms with E-state index in [1.807, 2.05) is 17.6 Å². The van der Waals surface area contributed by atoms with Gasteiger partial charge in [-0.15, -0.1) is 23.7 Å². The third-order valence-corrected chi connectivity index (χ3v) is 4.29. The van der Waals surface area contributed by atoms with Crippen molar-refractivity contribution in [1.82, 2.24) is 14.8 Å². The maximum absolute atomic E-state index is 12.0. The zero-order valence-corrected chi connectivity index (χ0v) is 13.3. The van der Waals surface area contributed by atoms with Crippen molar-refractivity contribution >= 4 is 22.4 Å². The van der Waals surface area contributed by atoms with E-state index in [9.17, 15) is 4.79 Å². The van der Waals surface area contributed by atoms with Gasteiger partial charge >= 0.3 is 0 Å². The predicted molar refractivity (Wildman–Crippen MR) is 87.0 cm³/mol. The summed E-state index contributed by atoms with van der Waals surface area (Å²) in [6.07, 6.45) is 11.1. The van der Waals surface area contributed by atoms with E-state index in [-0.39, 0.29) is 5.91 Å². The molecular weight excluding hydrogens is 312 g/mol. The topological polar surface area (TPSA) is 84.5 Å². The average Bonchev–Trinajstić information content (AvgIpc) is 2.92. The summed E-state index contributed by atoms with van der Waals surface area (Å²) >= 11 is 1.41. The average molecular weight is 328 g/mol. The molecule has 0 unspecified atom stereocenters. The molecule has 0 atom stereocenters. The second-order valence-corrected chi connectivity index (χ2v) is 6.14. The van der Waals surface area contributed by atoms with Gasteiger partial charge in [-0.1, -0.05) is 0 Å². The van der Waals surface area contributed by atoms with Gasteiger partial charge in [-0.05, 0) is 6.07 Å². The zero-order valence-electron chi connectivity index (χ0n) is 12.5. The number of carbonyl (C=O) groups excluding carboxylic acids is 1. The molecule has 8 heteroatoms. The number of anilines is 1. The summed E-state index contributed by atoms with van der Waals surface area (Å²) in [6.45, 7) is 0.590. The summed E-state index contributed by atoms with van der Waals surface area (Å²) in [4.78, 5) is 16.4. The van der Waals surface area contributed by atoms with Crippen LogP contribution in [0.1, 0.15) is 31.4 Å². The van der Waals surface area contributed by atoms with Crippen molar-refractivity contribution < 1.29 is 4.79 Å². The van der Waals surface area contributed by atoms with Crippen LogP contribution in [0.4, 0.5) is 5.13 Å². The van der Waals surface area contributed by atoms with Crippen molar-refractivity contribution in [2.75, 3.05) is 5.32 Å². The van der Waals surface area contributed by atoms with Crippen LogP contribution in [0.2, 0.25) is 0 Å². The van der Waals surface area contributed by atoms with Gasteiger partial charge in [-0.25, -0.2) is 4.98 Å². The first kappa shape index (κ1) is 15.4. The van der Waals surface area contributed by atoms with Crippen molar-refractivity contribution in [2.24, 2.45) is 10.2 Å². The fourth-order valence-corrected chi connectivity index (χ4v) is 2.88. The van der Waals surface area contributed by atoms with Crippen molar-refractivity contribution in [3.63, 3.8) is 0 Å². The van der Waals surface area contributed by atoms with E-state index in [2.05, 4.69) is 31.5 Å². The third-order valence-electron chi connectivity index (χ3n) is 3.49. The number of carbonyl (C=O) groups is 1. The molecule has 7 nitrogen and oxygen atoms in total. The summed E-state index contributed by atoms with van der Waals surface area (Å²) in [6, 6.07) is 1.86. The van der Waals surface area contributed by atoms with E-state index < -0.39 is 5.66 Å². The Morgan fingerprint density at radius 1 is 1.43 bits per heavy atom. The Bertz CT molecular complexity index is 736. The summed E-state index contributed by atoms with van der Waals surface area (Å²) < 4.78 is 1.78. The Hall–Kier alpha value is -2.53. The van der Waals surface area contributed by atoms with Gasteiger partial charge in [0.25, 0.3) is 0 Å². The molecule has 2 aromatic heterocycles. The predicted octanol–water partition coefficient (Wildman–Crippen LogP) is 2.68. The lowest BCUT2D eigenvalue weighted by Gasteiger charge is -2.07. The van der Waals surface area contributed by atoms with Gasteiger partial charge in [0, 0.05) is 43.5 Å². The van der Waals surface area contributed by atoms with Crippen LogP contribution in [0.3, 0.4) is 0 Å². The normalized spacial score (nSPS) is 14.4. The van der Waals surface area contributed by atoms with Gasteiger partial charge in [-0.3, -0.25) is 9.48 Å². The van der Waals surface area contributed by atoms with Gasteiger partial charge < -0.3 is 5.32 Å². The van der Waals surface area contributed by atoms with Crippen molar-refractivity contribution in [1.29, 1.82) is 0 Å². The number of nitrogens with one attached hydrogen (secondary N) is 1. The van der Waals surface area contributed by atoms with E-state index in [0.717, 1.165) is 5.69 Å². The molecule has 3 rings (SSSR count). The first-order chi connectivity index (χ1) is 11.2. The van der Waals surface area contributed by atoms with Gasteiger partial charge in [-0.2, -0.15) is 15.3 Å². The van der Waals surface area contributed by atoms with Crippen LogP contribution in [0.15, 0.2) is 34.1 Å². The van der Waals surface area contributed by atoms with Crippen molar-refractivity contribution in [2.45, 2.75) is 37.9 Å². The molecule has 0 radical (unpaired) electrons. The number of nitrogens with zero attached hydrogens (tertiary/aromatic N) is 5. The van der Waals surface area contributed by atoms with Crippen LogP contribution in [0.25, 0.3) is 0 Å². The molecule has 0 fully saturated rings. The molecule has 0 saturated heterocycles. The summed E-state index contributed by atoms with van der Waals surface area (Å²) in [7, 11) is 0. The Balaban J connectivity index is 1.45. The fourth-order valence-electron chi connectivity index (χ4n) is 2.16. The van der Waals surface area contributed by atoms with Crippen LogP contribution in [-0.2, 0) is 11.3 Å². The Morgan fingerprint density at radius 2 is 2.30 bits per heavy atom. The molecule has 118 valence electrons. The summed E-state index contributed by atoms with van der Waals surface area (Å²) in [5, 5.41) is 17.5. The Labute approximate surface area is 137 Å². The van der Waals surface area contributed by atoms with Crippen LogP contribution in [0.5, 0.6) is 0 Å². The molecule has 0 saturated carbocycles. The van der Waals surface area contributed by atoms with Gasteiger partial charge in [0.15, 0.2) is 10.8 Å². The molecule has 0 aliphatic carbocycles. The third kappa shape index (κ3) is 4.23. The molecule has 1 amide bonds. The van der Waals surface area contributed by atoms with Crippen LogP contribution >= 0.6 is 11.3 Å². The van der Waals surface area contributed by atoms with E-state index in [0.29, 0.717) is 37.4 Å². The van der Waals surface area contributed by atoms with Crippen LogP contribution in [0, 0.1) is 12.3 Å². The maximum Gasteiger partial charge on any atom is 0.226 e. The summed E-state index contributed by atoms with van der Waals surface area (Å²) in [5.74, 6) is 2.49. The summed E-state index contributed by atoms with van der Waals surface area (Å²) in [5.41, 5.74) is 0.448. The number of hydrogen-bond acceptors (Lipinski definition) is 6. The molecule has 0 spiro atoms. The lowest BCUT2D eigenvalue weighted by molar-refractivity contribution is -0.116. The van der Waals surface area contributed by atoms with E-state index in [1.165, 1.54) is 11.3 Å². The number of hydrogen-bond donors (Lipinski definition) is 1. The Morgan fingerprint density at radius 3 is 3.00 bits per heavy atom. The number of aromatic nitrogens is 3. The molecule has 2 aromatic rings. The Kier molecular flexibility index (Phi) is 4.48. The number of rotatable bonds is 8. The molecule has 1 aliphatic heterocycles. The minimum absolute atomic E-state index is 0.0811. The molecule has 0 bridgehead atoms. The number of thiazole rings is 1. The minimum Gasteiger partial charge on any atom is -0.302 e. The standard InChI is InChI=1S/C15H16N6OS/c1-2-3-6-15(19-20-15)7-5-13(22)18-14-17-12(11-23-14)10-21-9-4-8-16-21/h1,4,8-9,11H,3,5-7,10H2,(H,17,18,22). The molecule has 1 N–H and O–H groups in total. The minimum atomic E-state index is -0.419. The highest BCUT2D eigenvalue weighted by Crippen LogP contribution is 2.37. The number of amides is 1. The first-order valence-corrected chi connectivity index (χ1v) is 8.16. The molecule has 1 aliphatic rings. The SMILES string of the molecule is C#CCCC1(CCC(=O)Nc2nc(Cn3cccn3)cs2)N=N1. The molecular formula is C15H16N6OS. The van der Waals surface area contributed by atoms with Crippen molar-refractivity contribution in [3.05, 3.63) is 29.5 Å². The van der Waals surface area contributed by atoms with Crippen molar-refractivity contribution in [3.8, 4) is 12.3 Å². The monoisotopic (exact) mass is 328 g/mol. The lowest BCUT2D eigenvalue weighted by atomic mass is 10.0. The highest BCUT2D eigenvalue weighted by atomic mass is 32.1.